The molecular formula is C14H24N4O3. The normalized spacial score (nSPS) is 18.2. The molecule has 1 aliphatic carbocycles. The van der Waals surface area contributed by atoms with Crippen LogP contribution in [-0.4, -0.2) is 26.8 Å². The quantitative estimate of drug-likeness (QED) is 0.609. The van der Waals surface area contributed by atoms with E-state index in [0.717, 1.165) is 25.7 Å². The lowest BCUT2D eigenvalue weighted by atomic mass is 9.94. The van der Waals surface area contributed by atoms with Crippen LogP contribution < -0.4 is 22.3 Å². The summed E-state index contributed by atoms with van der Waals surface area (Å²) in [6, 6.07) is 0. The van der Waals surface area contributed by atoms with E-state index in [1.165, 1.54) is 4.57 Å². The van der Waals surface area contributed by atoms with Crippen LogP contribution in [0.25, 0.3) is 0 Å². The summed E-state index contributed by atoms with van der Waals surface area (Å²) < 4.78 is 1.29. The number of anilines is 2. The van der Waals surface area contributed by atoms with Crippen LogP contribution in [0.5, 0.6) is 0 Å². The van der Waals surface area contributed by atoms with Gasteiger partial charge in [0.2, 0.25) is 0 Å². The van der Waals surface area contributed by atoms with E-state index in [1.807, 2.05) is 0 Å². The summed E-state index contributed by atoms with van der Waals surface area (Å²) in [5, 5.41) is 13.5. The number of aromatic nitrogens is 2. The third-order valence-electron chi connectivity index (χ3n) is 4.18. The summed E-state index contributed by atoms with van der Waals surface area (Å²) in [4.78, 5) is 25.7. The molecule has 7 heteroatoms. The van der Waals surface area contributed by atoms with Gasteiger partial charge in [-0.1, -0.05) is 25.7 Å². The minimum Gasteiger partial charge on any atom is -0.388 e. The number of hydrogen-bond donors (Lipinski definition) is 4. The third kappa shape index (κ3) is 3.47. The third-order valence-corrected chi connectivity index (χ3v) is 4.18. The number of aliphatic hydroxyl groups is 1. The topological polar surface area (TPSA) is 113 Å². The van der Waals surface area contributed by atoms with Crippen LogP contribution in [0.15, 0.2) is 9.59 Å². The predicted octanol–water partition coefficient (Wildman–Crippen LogP) is 0.636. The van der Waals surface area contributed by atoms with Crippen molar-refractivity contribution in [1.82, 2.24) is 9.55 Å². The molecule has 1 aromatic heterocycles. The number of H-pyrrole nitrogens is 1. The van der Waals surface area contributed by atoms with Crippen LogP contribution >= 0.6 is 0 Å². The monoisotopic (exact) mass is 296 g/mol. The molecule has 0 amide bonds. The lowest BCUT2D eigenvalue weighted by molar-refractivity contribution is 0.0381. The van der Waals surface area contributed by atoms with Gasteiger partial charge in [0, 0.05) is 13.1 Å². The predicted molar refractivity (Wildman–Crippen MR) is 82.6 cm³/mol. The fourth-order valence-electron chi connectivity index (χ4n) is 2.89. The van der Waals surface area contributed by atoms with E-state index in [1.54, 1.807) is 6.92 Å². The molecule has 0 radical (unpaired) electrons. The second-order valence-electron chi connectivity index (χ2n) is 5.76. The number of nitrogens with two attached hydrogens (primary N) is 1. The highest BCUT2D eigenvalue weighted by Gasteiger charge is 2.28. The molecule has 0 bridgehead atoms. The van der Waals surface area contributed by atoms with Crippen molar-refractivity contribution in [3.63, 3.8) is 0 Å². The first kappa shape index (κ1) is 15.6. The van der Waals surface area contributed by atoms with Crippen LogP contribution in [0.1, 0.15) is 45.4 Å². The Bertz CT molecular complexity index is 597. The van der Waals surface area contributed by atoms with Crippen molar-refractivity contribution in [2.75, 3.05) is 17.6 Å². The van der Waals surface area contributed by atoms with Gasteiger partial charge in [-0.3, -0.25) is 14.3 Å². The van der Waals surface area contributed by atoms with Crippen molar-refractivity contribution in [2.24, 2.45) is 0 Å². The zero-order chi connectivity index (χ0) is 15.5. The first-order valence-corrected chi connectivity index (χ1v) is 7.56. The average Bonchev–Trinajstić information content (AvgIpc) is 2.64. The van der Waals surface area contributed by atoms with Crippen LogP contribution in [0.2, 0.25) is 0 Å². The summed E-state index contributed by atoms with van der Waals surface area (Å²) in [5.41, 5.74) is 4.17. The molecule has 1 saturated carbocycles. The van der Waals surface area contributed by atoms with Gasteiger partial charge in [0.1, 0.15) is 11.5 Å². The molecule has 0 atom stereocenters. The Hall–Kier alpha value is -1.76. The molecule has 0 unspecified atom stereocenters. The summed E-state index contributed by atoms with van der Waals surface area (Å²) >= 11 is 0. The average molecular weight is 296 g/mol. The van der Waals surface area contributed by atoms with E-state index in [9.17, 15) is 14.7 Å². The Balaban J connectivity index is 2.20. The zero-order valence-corrected chi connectivity index (χ0v) is 12.4. The molecule has 1 aliphatic rings. The largest absolute Gasteiger partial charge is 0.388 e. The Kier molecular flexibility index (Phi) is 4.72. The second-order valence-corrected chi connectivity index (χ2v) is 5.76. The fourth-order valence-corrected chi connectivity index (χ4v) is 2.89. The molecule has 21 heavy (non-hydrogen) atoms. The van der Waals surface area contributed by atoms with Gasteiger partial charge in [0.25, 0.3) is 5.56 Å². The van der Waals surface area contributed by atoms with E-state index in [2.05, 4.69) is 10.3 Å². The summed E-state index contributed by atoms with van der Waals surface area (Å²) in [5.74, 6) is 0.114. The van der Waals surface area contributed by atoms with Gasteiger partial charge >= 0.3 is 5.69 Å². The number of rotatable bonds is 4. The van der Waals surface area contributed by atoms with E-state index in [-0.39, 0.29) is 18.1 Å². The van der Waals surface area contributed by atoms with Gasteiger partial charge in [0.15, 0.2) is 0 Å². The van der Waals surface area contributed by atoms with E-state index in [0.29, 0.717) is 19.4 Å². The fraction of sp³-hybridized carbons (Fsp3) is 0.714. The van der Waals surface area contributed by atoms with Gasteiger partial charge in [-0.15, -0.1) is 0 Å². The van der Waals surface area contributed by atoms with Crippen molar-refractivity contribution >= 4 is 11.5 Å². The Morgan fingerprint density at radius 3 is 2.48 bits per heavy atom. The van der Waals surface area contributed by atoms with E-state index >= 15 is 0 Å². The van der Waals surface area contributed by atoms with Crippen LogP contribution in [0.4, 0.5) is 11.5 Å². The number of nitrogens with one attached hydrogen (secondary N) is 2. The highest BCUT2D eigenvalue weighted by molar-refractivity contribution is 5.60. The van der Waals surface area contributed by atoms with Crippen LogP contribution in [0.3, 0.4) is 0 Å². The van der Waals surface area contributed by atoms with E-state index in [4.69, 9.17) is 5.73 Å². The molecule has 0 aliphatic heterocycles. The van der Waals surface area contributed by atoms with Gasteiger partial charge < -0.3 is 16.2 Å². The standard InChI is InChI=1S/C14H24N4O3/c1-2-18-11(15)10(12(19)17-13(18)20)16-9-14(21)7-5-3-4-6-8-14/h16,21H,2-9,15H2,1H3,(H,17,19,20). The molecule has 0 aromatic carbocycles. The van der Waals surface area contributed by atoms with Gasteiger partial charge in [0.05, 0.1) is 5.60 Å². The molecule has 5 N–H and O–H groups in total. The summed E-state index contributed by atoms with van der Waals surface area (Å²) in [7, 11) is 0. The summed E-state index contributed by atoms with van der Waals surface area (Å²) in [6.45, 7) is 2.42. The van der Waals surface area contributed by atoms with Gasteiger partial charge in [-0.05, 0) is 19.8 Å². The number of nitrogen functional groups attached to an aromatic ring is 1. The van der Waals surface area contributed by atoms with Crippen molar-refractivity contribution < 1.29 is 5.11 Å². The molecule has 0 saturated heterocycles. The summed E-state index contributed by atoms with van der Waals surface area (Å²) in [6.07, 6.45) is 5.66. The minimum atomic E-state index is -0.817. The second kappa shape index (κ2) is 6.34. The molecular weight excluding hydrogens is 272 g/mol. The van der Waals surface area contributed by atoms with E-state index < -0.39 is 16.9 Å². The van der Waals surface area contributed by atoms with Crippen molar-refractivity contribution in [3.8, 4) is 0 Å². The molecule has 0 spiro atoms. The SMILES string of the molecule is CCn1c(N)c(NCC2(O)CCCCCC2)c(=O)[nH]c1=O. The Morgan fingerprint density at radius 2 is 1.90 bits per heavy atom. The number of aromatic amines is 1. The van der Waals surface area contributed by atoms with Crippen molar-refractivity contribution in [1.29, 1.82) is 0 Å². The number of nitrogens with zero attached hydrogens (tertiary/aromatic N) is 1. The number of hydrogen-bond acceptors (Lipinski definition) is 5. The molecule has 1 aromatic rings. The molecule has 1 fully saturated rings. The van der Waals surface area contributed by atoms with Crippen LogP contribution in [-0.2, 0) is 6.54 Å². The lowest BCUT2D eigenvalue weighted by Crippen LogP contribution is -2.39. The first-order valence-electron chi connectivity index (χ1n) is 7.56. The maximum absolute atomic E-state index is 11.9. The van der Waals surface area contributed by atoms with Crippen LogP contribution in [0, 0.1) is 0 Å². The smallest absolute Gasteiger partial charge is 0.330 e. The minimum absolute atomic E-state index is 0.114. The zero-order valence-electron chi connectivity index (χ0n) is 12.4. The van der Waals surface area contributed by atoms with Gasteiger partial charge in [-0.25, -0.2) is 4.79 Å². The highest BCUT2D eigenvalue weighted by Crippen LogP contribution is 2.27. The highest BCUT2D eigenvalue weighted by atomic mass is 16.3. The molecule has 2 rings (SSSR count). The molecule has 1 heterocycles. The Labute approximate surface area is 123 Å². The van der Waals surface area contributed by atoms with Gasteiger partial charge in [-0.2, -0.15) is 0 Å². The lowest BCUT2D eigenvalue weighted by Gasteiger charge is -2.27. The Morgan fingerprint density at radius 1 is 1.29 bits per heavy atom. The maximum Gasteiger partial charge on any atom is 0.330 e. The van der Waals surface area contributed by atoms with Crippen molar-refractivity contribution in [2.45, 2.75) is 57.6 Å². The molecule has 7 nitrogen and oxygen atoms in total. The maximum atomic E-state index is 11.9. The first-order chi connectivity index (χ1) is 9.97. The molecule has 118 valence electrons. The van der Waals surface area contributed by atoms with Crippen molar-refractivity contribution in [3.05, 3.63) is 20.8 Å².